The quantitative estimate of drug-likeness (QED) is 0.278. The summed E-state index contributed by atoms with van der Waals surface area (Å²) in [6, 6.07) is 24.5. The highest BCUT2D eigenvalue weighted by Crippen LogP contribution is 2.31. The van der Waals surface area contributed by atoms with Gasteiger partial charge in [-0.1, -0.05) is 84.1 Å². The Balaban J connectivity index is 1.48. The van der Waals surface area contributed by atoms with Gasteiger partial charge in [0.25, 0.3) is 0 Å². The van der Waals surface area contributed by atoms with E-state index in [1.54, 1.807) is 11.3 Å². The zero-order valence-electron chi connectivity index (χ0n) is 16.6. The van der Waals surface area contributed by atoms with Gasteiger partial charge in [0.2, 0.25) is 0 Å². The van der Waals surface area contributed by atoms with E-state index in [2.05, 4.69) is 63.6 Å². The van der Waals surface area contributed by atoms with Crippen LogP contribution < -0.4 is 0 Å². The molecule has 0 aliphatic heterocycles. The van der Waals surface area contributed by atoms with Crippen LogP contribution in [0.25, 0.3) is 32.3 Å². The molecular weight excluding hydrogens is 396 g/mol. The number of aromatic nitrogens is 2. The molecule has 0 radical (unpaired) electrons. The minimum absolute atomic E-state index is 0.170. The van der Waals surface area contributed by atoms with Crippen LogP contribution in [0, 0.1) is 0 Å². The minimum Gasteiger partial charge on any atom is -0.377 e. The molecule has 30 heavy (non-hydrogen) atoms. The number of nitrogens with zero attached hydrogens (tertiary/aromatic N) is 2. The second-order valence-corrected chi connectivity index (χ2v) is 7.77. The fraction of sp³-hybridized carbons (Fsp3) is 0.167. The van der Waals surface area contributed by atoms with Crippen molar-refractivity contribution in [2.24, 2.45) is 0 Å². The van der Waals surface area contributed by atoms with Crippen molar-refractivity contribution in [1.29, 1.82) is 0 Å². The molecule has 1 heterocycles. The van der Waals surface area contributed by atoms with Crippen LogP contribution in [0.3, 0.4) is 0 Å². The number of benzene rings is 3. The molecule has 0 aliphatic carbocycles. The van der Waals surface area contributed by atoms with Gasteiger partial charge in [0.05, 0.1) is 6.61 Å². The van der Waals surface area contributed by atoms with Gasteiger partial charge in [-0.15, -0.1) is 10.2 Å². The highest BCUT2D eigenvalue weighted by atomic mass is 32.1. The molecule has 1 aromatic heterocycles. The standard InChI is InChI=1S/C24H22N2O3S/c1-2-28-15-17-3-7-19(8-4-17)20-11-13-22(14-12-20)24-26-25-23(30-24)21-9-5-18(6-10-21)16-29-27/h3-14,27H,2,15-16H2,1H3. The van der Waals surface area contributed by atoms with Crippen molar-refractivity contribution in [2.75, 3.05) is 6.61 Å². The fourth-order valence-corrected chi connectivity index (χ4v) is 3.95. The van der Waals surface area contributed by atoms with E-state index >= 15 is 0 Å². The van der Waals surface area contributed by atoms with Gasteiger partial charge in [0, 0.05) is 17.7 Å². The number of rotatable bonds is 8. The number of ether oxygens (including phenoxy) is 1. The van der Waals surface area contributed by atoms with Crippen LogP contribution in [0.2, 0.25) is 0 Å². The molecule has 4 aromatic rings. The van der Waals surface area contributed by atoms with Gasteiger partial charge in [-0.3, -0.25) is 5.26 Å². The molecule has 4 rings (SSSR count). The number of hydrogen-bond acceptors (Lipinski definition) is 6. The summed E-state index contributed by atoms with van der Waals surface area (Å²) in [6.07, 6.45) is 0. The van der Waals surface area contributed by atoms with E-state index in [1.807, 2.05) is 31.2 Å². The van der Waals surface area contributed by atoms with Gasteiger partial charge >= 0.3 is 0 Å². The summed E-state index contributed by atoms with van der Waals surface area (Å²) in [7, 11) is 0. The van der Waals surface area contributed by atoms with Gasteiger partial charge in [-0.25, -0.2) is 4.89 Å². The van der Waals surface area contributed by atoms with Crippen molar-refractivity contribution in [1.82, 2.24) is 10.2 Å². The highest BCUT2D eigenvalue weighted by molar-refractivity contribution is 7.17. The summed E-state index contributed by atoms with van der Waals surface area (Å²) < 4.78 is 5.45. The molecule has 0 bridgehead atoms. The summed E-state index contributed by atoms with van der Waals surface area (Å²) in [5, 5.41) is 19.0. The Kier molecular flexibility index (Phi) is 6.61. The van der Waals surface area contributed by atoms with Crippen molar-refractivity contribution in [2.45, 2.75) is 20.1 Å². The van der Waals surface area contributed by atoms with Crippen molar-refractivity contribution in [3.05, 3.63) is 83.9 Å². The van der Waals surface area contributed by atoms with E-state index < -0.39 is 0 Å². The first-order valence-corrected chi connectivity index (χ1v) is 10.5. The lowest BCUT2D eigenvalue weighted by atomic mass is 10.0. The van der Waals surface area contributed by atoms with Gasteiger partial charge in [0.15, 0.2) is 0 Å². The van der Waals surface area contributed by atoms with Gasteiger partial charge in [-0.05, 0) is 29.2 Å². The Morgan fingerprint density at radius 1 is 0.667 bits per heavy atom. The van der Waals surface area contributed by atoms with Crippen LogP contribution >= 0.6 is 11.3 Å². The molecule has 0 spiro atoms. The Morgan fingerprint density at radius 2 is 1.10 bits per heavy atom. The van der Waals surface area contributed by atoms with E-state index in [9.17, 15) is 0 Å². The molecule has 0 saturated carbocycles. The molecule has 5 nitrogen and oxygen atoms in total. The highest BCUT2D eigenvalue weighted by Gasteiger charge is 2.09. The topological polar surface area (TPSA) is 64.5 Å². The number of hydrogen-bond donors (Lipinski definition) is 1. The Bertz CT molecular complexity index is 1070. The van der Waals surface area contributed by atoms with Crippen LogP contribution in [-0.2, 0) is 22.8 Å². The Morgan fingerprint density at radius 3 is 1.60 bits per heavy atom. The normalized spacial score (nSPS) is 11.0. The molecule has 0 amide bonds. The largest absolute Gasteiger partial charge is 0.377 e. The SMILES string of the molecule is CCOCc1ccc(-c2ccc(-c3nnc(-c4ccc(COO)cc4)s3)cc2)cc1. The fourth-order valence-electron chi connectivity index (χ4n) is 3.09. The monoisotopic (exact) mass is 418 g/mol. The summed E-state index contributed by atoms with van der Waals surface area (Å²) in [4.78, 5) is 4.17. The molecule has 1 N–H and O–H groups in total. The van der Waals surface area contributed by atoms with Crippen LogP contribution in [0.4, 0.5) is 0 Å². The summed E-state index contributed by atoms with van der Waals surface area (Å²) in [5.41, 5.74) is 6.44. The summed E-state index contributed by atoms with van der Waals surface area (Å²) in [5.74, 6) is 0. The minimum atomic E-state index is 0.170. The molecule has 0 saturated heterocycles. The predicted molar refractivity (Wildman–Crippen MR) is 119 cm³/mol. The van der Waals surface area contributed by atoms with Gasteiger partial charge in [0.1, 0.15) is 16.6 Å². The molecule has 3 aromatic carbocycles. The van der Waals surface area contributed by atoms with E-state index in [0.717, 1.165) is 38.9 Å². The van der Waals surface area contributed by atoms with Crippen LogP contribution in [0.1, 0.15) is 18.1 Å². The molecule has 0 aliphatic rings. The zero-order valence-corrected chi connectivity index (χ0v) is 17.4. The Hall–Kier alpha value is -2.90. The molecule has 0 unspecified atom stereocenters. The molecular formula is C24H22N2O3S. The van der Waals surface area contributed by atoms with Gasteiger partial charge in [-0.2, -0.15) is 0 Å². The first-order valence-electron chi connectivity index (χ1n) is 9.73. The second-order valence-electron chi connectivity index (χ2n) is 6.79. The second kappa shape index (κ2) is 9.73. The van der Waals surface area contributed by atoms with E-state index in [-0.39, 0.29) is 6.61 Å². The Labute approximate surface area is 179 Å². The average molecular weight is 419 g/mol. The lowest BCUT2D eigenvalue weighted by Gasteiger charge is -2.05. The van der Waals surface area contributed by atoms with Crippen molar-refractivity contribution in [3.8, 4) is 32.3 Å². The third kappa shape index (κ3) is 4.80. The van der Waals surface area contributed by atoms with Crippen molar-refractivity contribution < 1.29 is 14.9 Å². The van der Waals surface area contributed by atoms with E-state index in [1.165, 1.54) is 11.1 Å². The lowest BCUT2D eigenvalue weighted by molar-refractivity contribution is -0.253. The van der Waals surface area contributed by atoms with Crippen molar-refractivity contribution >= 4 is 11.3 Å². The zero-order chi connectivity index (χ0) is 20.8. The van der Waals surface area contributed by atoms with E-state index in [0.29, 0.717) is 6.61 Å². The maximum atomic E-state index is 8.55. The molecule has 0 fully saturated rings. The van der Waals surface area contributed by atoms with Gasteiger partial charge < -0.3 is 4.74 Å². The maximum absolute atomic E-state index is 8.55. The molecule has 152 valence electrons. The predicted octanol–water partition coefficient (Wildman–Crippen LogP) is 6.07. The first kappa shape index (κ1) is 20.4. The maximum Gasteiger partial charge on any atom is 0.148 e. The van der Waals surface area contributed by atoms with Crippen LogP contribution in [0.15, 0.2) is 72.8 Å². The summed E-state index contributed by atoms with van der Waals surface area (Å²) in [6.45, 7) is 3.54. The average Bonchev–Trinajstić information content (AvgIpc) is 3.29. The third-order valence-electron chi connectivity index (χ3n) is 4.75. The smallest absolute Gasteiger partial charge is 0.148 e. The molecule has 0 atom stereocenters. The van der Waals surface area contributed by atoms with Crippen molar-refractivity contribution in [3.63, 3.8) is 0 Å². The third-order valence-corrected chi connectivity index (χ3v) is 5.77. The first-order chi connectivity index (χ1) is 14.8. The van der Waals surface area contributed by atoms with Crippen LogP contribution in [-0.4, -0.2) is 22.1 Å². The lowest BCUT2D eigenvalue weighted by Crippen LogP contribution is -1.91. The van der Waals surface area contributed by atoms with Crippen LogP contribution in [0.5, 0.6) is 0 Å². The molecule has 6 heteroatoms. The van der Waals surface area contributed by atoms with E-state index in [4.69, 9.17) is 9.99 Å². The summed E-state index contributed by atoms with van der Waals surface area (Å²) >= 11 is 1.55.